The number of nitrogens with zero attached hydrogens (tertiary/aromatic N) is 6. The van der Waals surface area contributed by atoms with Crippen LogP contribution in [0.4, 0.5) is 5.13 Å². The zero-order valence-corrected chi connectivity index (χ0v) is 18.9. The summed E-state index contributed by atoms with van der Waals surface area (Å²) in [5.74, 6) is 6.96. The van der Waals surface area contributed by atoms with Gasteiger partial charge in [-0.2, -0.15) is 5.10 Å². The molecule has 2 fully saturated rings. The molecule has 2 saturated carbocycles. The maximum absolute atomic E-state index is 13.3. The number of methoxy groups -OCH3 is 1. The minimum Gasteiger partial charge on any atom is -0.494 e. The molecule has 0 aliphatic heterocycles. The average Bonchev–Trinajstić information content (AvgIpc) is 3.60. The van der Waals surface area contributed by atoms with Crippen LogP contribution in [0, 0.1) is 23.2 Å². The van der Waals surface area contributed by atoms with Crippen LogP contribution in [0.2, 0.25) is 5.15 Å². The number of nitrogens with one attached hydrogen (secondary N) is 1. The number of fused-ring (bicyclic) bond motifs is 1. The molecule has 0 bridgehead atoms. The van der Waals surface area contributed by atoms with Crippen LogP contribution in [0.3, 0.4) is 0 Å². The molecule has 164 valence electrons. The number of halogens is 1. The van der Waals surface area contributed by atoms with Crippen molar-refractivity contribution >= 4 is 39.6 Å². The van der Waals surface area contributed by atoms with Crippen molar-refractivity contribution in [3.8, 4) is 28.7 Å². The summed E-state index contributed by atoms with van der Waals surface area (Å²) in [6.07, 6.45) is 8.39. The van der Waals surface area contributed by atoms with E-state index in [1.165, 1.54) is 50.2 Å². The fourth-order valence-electron chi connectivity index (χ4n) is 3.96. The minimum atomic E-state index is -0.375. The quantitative estimate of drug-likeness (QED) is 0.352. The first-order chi connectivity index (χ1) is 16.0. The Bertz CT molecular complexity index is 1480. The van der Waals surface area contributed by atoms with Crippen LogP contribution in [0.5, 0.6) is 5.75 Å². The first-order valence-electron chi connectivity index (χ1n) is 10.2. The van der Waals surface area contributed by atoms with Crippen molar-refractivity contribution < 1.29 is 9.53 Å². The predicted octanol–water partition coefficient (Wildman–Crippen LogP) is 3.71. The topological polar surface area (TPSA) is 107 Å². The van der Waals surface area contributed by atoms with Crippen LogP contribution in [0.15, 0.2) is 30.9 Å². The smallest absolute Gasteiger partial charge is 0.258 e. The van der Waals surface area contributed by atoms with E-state index in [4.69, 9.17) is 16.3 Å². The van der Waals surface area contributed by atoms with Crippen LogP contribution >= 0.6 is 22.9 Å². The molecule has 9 nitrogen and oxygen atoms in total. The Hall–Kier alpha value is -3.55. The van der Waals surface area contributed by atoms with Crippen LogP contribution in [-0.4, -0.2) is 42.8 Å². The van der Waals surface area contributed by atoms with Crippen LogP contribution in [0.1, 0.15) is 34.6 Å². The van der Waals surface area contributed by atoms with Crippen LogP contribution in [-0.2, 0) is 0 Å². The molecule has 33 heavy (non-hydrogen) atoms. The number of anilines is 1. The molecule has 4 heterocycles. The number of hydrogen-bond donors (Lipinski definition) is 1. The number of carbonyl (C=O) groups is 1. The standard InChI is InChI=1S/C22H16ClN7O2S/c1-32-16-9-24-17(23)6-13(16)15-10-30-18(25-11-26-30)7-14(15)20(31)27-21-29-28-19(33-21)3-2-12-8-22(12)4-5-22/h6-7,9-12H,4-5,8H2,1H3,(H,27,29,31). The summed E-state index contributed by atoms with van der Waals surface area (Å²) < 4.78 is 7.01. The lowest BCUT2D eigenvalue weighted by atomic mass is 10.0. The maximum atomic E-state index is 13.3. The lowest BCUT2D eigenvalue weighted by Crippen LogP contribution is -2.14. The highest BCUT2D eigenvalue weighted by Crippen LogP contribution is 2.70. The van der Waals surface area contributed by atoms with Gasteiger partial charge in [-0.3, -0.25) is 10.1 Å². The third kappa shape index (κ3) is 3.69. The molecule has 2 aliphatic rings. The molecule has 0 saturated heterocycles. The summed E-state index contributed by atoms with van der Waals surface area (Å²) in [6.45, 7) is 0. The van der Waals surface area contributed by atoms with Gasteiger partial charge in [-0.1, -0.05) is 28.9 Å². The number of carbonyl (C=O) groups excluding carboxylic acids is 1. The van der Waals surface area contributed by atoms with E-state index in [1.54, 1.807) is 22.8 Å². The van der Waals surface area contributed by atoms with Crippen molar-refractivity contribution in [2.45, 2.75) is 19.3 Å². The van der Waals surface area contributed by atoms with Gasteiger partial charge in [-0.25, -0.2) is 14.5 Å². The normalized spacial score (nSPS) is 17.5. The van der Waals surface area contributed by atoms with Gasteiger partial charge in [0.25, 0.3) is 5.91 Å². The monoisotopic (exact) mass is 477 g/mol. The van der Waals surface area contributed by atoms with Gasteiger partial charge in [-0.05, 0) is 42.7 Å². The number of aromatic nitrogens is 6. The molecular weight excluding hydrogens is 462 g/mol. The van der Waals surface area contributed by atoms with Crippen molar-refractivity contribution in [3.05, 3.63) is 46.6 Å². The van der Waals surface area contributed by atoms with Crippen molar-refractivity contribution in [1.82, 2.24) is 29.8 Å². The summed E-state index contributed by atoms with van der Waals surface area (Å²) in [5.41, 5.74) is 2.54. The Labute approximate surface area is 197 Å². The van der Waals surface area contributed by atoms with Gasteiger partial charge in [0.1, 0.15) is 17.2 Å². The summed E-state index contributed by atoms with van der Waals surface area (Å²) in [5, 5.41) is 16.4. The highest BCUT2D eigenvalue weighted by molar-refractivity contribution is 7.15. The molecule has 0 radical (unpaired) electrons. The first-order valence-corrected chi connectivity index (χ1v) is 11.4. The minimum absolute atomic E-state index is 0.270. The van der Waals surface area contributed by atoms with E-state index in [0.717, 1.165) is 0 Å². The SMILES string of the molecule is COc1cnc(Cl)cc1-c1cn2ncnc2cc1C(=O)Nc1nnc(C#CC2CC23CC3)s1. The van der Waals surface area contributed by atoms with Gasteiger partial charge in [0.15, 0.2) is 10.7 Å². The van der Waals surface area contributed by atoms with E-state index < -0.39 is 0 Å². The van der Waals surface area contributed by atoms with Gasteiger partial charge in [0.2, 0.25) is 5.13 Å². The molecule has 1 spiro atoms. The van der Waals surface area contributed by atoms with Crippen molar-refractivity contribution in [2.75, 3.05) is 12.4 Å². The molecule has 6 rings (SSSR count). The zero-order valence-electron chi connectivity index (χ0n) is 17.4. The molecule has 4 aromatic rings. The highest BCUT2D eigenvalue weighted by atomic mass is 35.5. The van der Waals surface area contributed by atoms with E-state index in [0.29, 0.717) is 49.6 Å². The number of ether oxygens (including phenoxy) is 1. The van der Waals surface area contributed by atoms with E-state index in [-0.39, 0.29) is 11.1 Å². The third-order valence-corrected chi connectivity index (χ3v) is 7.05. The fourth-order valence-corrected chi connectivity index (χ4v) is 4.71. The Morgan fingerprint density at radius 2 is 2.18 bits per heavy atom. The van der Waals surface area contributed by atoms with E-state index in [2.05, 4.69) is 42.4 Å². The zero-order chi connectivity index (χ0) is 22.6. The van der Waals surface area contributed by atoms with Crippen molar-refractivity contribution in [3.63, 3.8) is 0 Å². The Morgan fingerprint density at radius 1 is 1.30 bits per heavy atom. The van der Waals surface area contributed by atoms with E-state index in [1.807, 2.05) is 0 Å². The molecule has 1 N–H and O–H groups in total. The molecule has 1 amide bonds. The van der Waals surface area contributed by atoms with Gasteiger partial charge >= 0.3 is 0 Å². The average molecular weight is 478 g/mol. The van der Waals surface area contributed by atoms with Gasteiger partial charge in [-0.15, -0.1) is 10.2 Å². The summed E-state index contributed by atoms with van der Waals surface area (Å²) in [7, 11) is 1.53. The molecule has 4 aromatic heterocycles. The first kappa shape index (κ1) is 20.1. The number of pyridine rings is 2. The second-order valence-electron chi connectivity index (χ2n) is 8.13. The number of amides is 1. The Morgan fingerprint density at radius 3 is 2.97 bits per heavy atom. The van der Waals surface area contributed by atoms with E-state index in [9.17, 15) is 4.79 Å². The largest absolute Gasteiger partial charge is 0.494 e. The predicted molar refractivity (Wildman–Crippen MR) is 122 cm³/mol. The Balaban J connectivity index is 1.32. The van der Waals surface area contributed by atoms with Crippen LogP contribution in [0.25, 0.3) is 16.8 Å². The molecule has 2 aliphatic carbocycles. The van der Waals surface area contributed by atoms with E-state index >= 15 is 0 Å². The maximum Gasteiger partial charge on any atom is 0.258 e. The third-order valence-electron chi connectivity index (χ3n) is 6.09. The second-order valence-corrected chi connectivity index (χ2v) is 9.49. The lowest BCUT2D eigenvalue weighted by molar-refractivity contribution is 0.102. The summed E-state index contributed by atoms with van der Waals surface area (Å²) in [6, 6.07) is 3.29. The molecule has 0 aromatic carbocycles. The number of rotatable bonds is 4. The van der Waals surface area contributed by atoms with Gasteiger partial charge < -0.3 is 4.74 Å². The lowest BCUT2D eigenvalue weighted by Gasteiger charge is -2.13. The highest BCUT2D eigenvalue weighted by Gasteiger charge is 2.62. The molecule has 1 atom stereocenters. The molecular formula is C22H16ClN7O2S. The molecule has 1 unspecified atom stereocenters. The van der Waals surface area contributed by atoms with Crippen LogP contribution < -0.4 is 10.1 Å². The van der Waals surface area contributed by atoms with Gasteiger partial charge in [0, 0.05) is 23.2 Å². The fraction of sp³-hybridized carbons (Fsp3) is 0.273. The summed E-state index contributed by atoms with van der Waals surface area (Å²) >= 11 is 7.38. The Kier molecular flexibility index (Phi) is 4.57. The van der Waals surface area contributed by atoms with Crippen molar-refractivity contribution in [1.29, 1.82) is 0 Å². The van der Waals surface area contributed by atoms with Crippen molar-refractivity contribution in [2.24, 2.45) is 11.3 Å². The second kappa shape index (κ2) is 7.50. The summed E-state index contributed by atoms with van der Waals surface area (Å²) in [4.78, 5) is 21.5. The van der Waals surface area contributed by atoms with Gasteiger partial charge in [0.05, 0.1) is 18.9 Å². The molecule has 11 heteroatoms. The number of hydrogen-bond acceptors (Lipinski definition) is 8.